The highest BCUT2D eigenvalue weighted by Crippen LogP contribution is 2.35. The van der Waals surface area contributed by atoms with E-state index in [1.54, 1.807) is 11.3 Å². The monoisotopic (exact) mass is 298 g/mol. The van der Waals surface area contributed by atoms with Crippen LogP contribution in [0.15, 0.2) is 24.3 Å². The van der Waals surface area contributed by atoms with Crippen LogP contribution in [0.5, 0.6) is 0 Å². The van der Waals surface area contributed by atoms with Crippen molar-refractivity contribution >= 4 is 16.3 Å². The first-order valence-corrected chi connectivity index (χ1v) is 8.44. The second kappa shape index (κ2) is 5.22. The van der Waals surface area contributed by atoms with Gasteiger partial charge < -0.3 is 0 Å². The van der Waals surface area contributed by atoms with Crippen molar-refractivity contribution in [2.45, 2.75) is 44.9 Å². The Bertz CT molecular complexity index is 774. The second-order valence-electron chi connectivity index (χ2n) is 5.69. The first-order chi connectivity index (χ1) is 10.3. The molecule has 1 aliphatic rings. The van der Waals surface area contributed by atoms with Crippen LogP contribution in [0, 0.1) is 0 Å². The average Bonchev–Trinajstić information content (AvgIpc) is 3.17. The Morgan fingerprint density at radius 2 is 2.19 bits per heavy atom. The molecule has 0 aliphatic heterocycles. The number of hydrogen-bond donors (Lipinski definition) is 0. The lowest BCUT2D eigenvalue weighted by molar-refractivity contribution is 0.659. The molecule has 0 fully saturated rings. The molecule has 1 atom stereocenters. The highest BCUT2D eigenvalue weighted by Gasteiger charge is 2.24. The van der Waals surface area contributed by atoms with Crippen LogP contribution in [-0.4, -0.2) is 19.8 Å². The van der Waals surface area contributed by atoms with Crippen molar-refractivity contribution in [3.63, 3.8) is 0 Å². The summed E-state index contributed by atoms with van der Waals surface area (Å²) in [6, 6.07) is 8.82. The minimum Gasteiger partial charge on any atom is -0.187 e. The summed E-state index contributed by atoms with van der Waals surface area (Å²) in [4.78, 5) is 0.930. The van der Waals surface area contributed by atoms with Gasteiger partial charge in [-0.3, -0.25) is 0 Å². The molecular weight excluding hydrogens is 280 g/mol. The van der Waals surface area contributed by atoms with Crippen molar-refractivity contribution in [3.05, 3.63) is 46.2 Å². The Kier molecular flexibility index (Phi) is 3.22. The molecule has 0 saturated carbocycles. The lowest BCUT2D eigenvalue weighted by atomic mass is 9.98. The molecule has 4 nitrogen and oxygen atoms in total. The molecule has 0 saturated heterocycles. The molecule has 108 valence electrons. The Morgan fingerprint density at radius 1 is 1.29 bits per heavy atom. The SMILES string of the molecule is CCCc1nnc2sc(C[C@H]3CCc4ccccc43)nn12. The van der Waals surface area contributed by atoms with E-state index in [4.69, 9.17) is 5.10 Å². The third-order valence-electron chi connectivity index (χ3n) is 4.25. The maximum Gasteiger partial charge on any atom is 0.234 e. The number of aromatic nitrogens is 4. The second-order valence-corrected chi connectivity index (χ2v) is 6.74. The number of fused-ring (bicyclic) bond motifs is 2. The number of aryl methyl sites for hydroxylation is 2. The minimum atomic E-state index is 0.611. The van der Waals surface area contributed by atoms with Gasteiger partial charge in [0.05, 0.1) is 0 Å². The minimum absolute atomic E-state index is 0.611. The molecule has 0 spiro atoms. The van der Waals surface area contributed by atoms with Crippen LogP contribution in [0.25, 0.3) is 4.96 Å². The third-order valence-corrected chi connectivity index (χ3v) is 5.17. The van der Waals surface area contributed by atoms with Crippen molar-refractivity contribution in [1.29, 1.82) is 0 Å². The molecule has 1 aliphatic carbocycles. The fourth-order valence-electron chi connectivity index (χ4n) is 3.23. The van der Waals surface area contributed by atoms with Crippen molar-refractivity contribution in [2.75, 3.05) is 0 Å². The predicted octanol–water partition coefficient (Wildman–Crippen LogP) is 3.41. The van der Waals surface area contributed by atoms with Gasteiger partial charge in [0.2, 0.25) is 4.96 Å². The lowest BCUT2D eigenvalue weighted by Gasteiger charge is -2.08. The van der Waals surface area contributed by atoms with Crippen LogP contribution >= 0.6 is 11.3 Å². The van der Waals surface area contributed by atoms with Crippen LogP contribution in [0.3, 0.4) is 0 Å². The van der Waals surface area contributed by atoms with E-state index in [-0.39, 0.29) is 0 Å². The Morgan fingerprint density at radius 3 is 3.10 bits per heavy atom. The Labute approximate surface area is 127 Å². The average molecular weight is 298 g/mol. The fourth-order valence-corrected chi connectivity index (χ4v) is 4.16. The van der Waals surface area contributed by atoms with Crippen molar-refractivity contribution in [2.24, 2.45) is 0 Å². The third kappa shape index (κ3) is 2.25. The van der Waals surface area contributed by atoms with E-state index < -0.39 is 0 Å². The molecule has 0 amide bonds. The van der Waals surface area contributed by atoms with E-state index in [2.05, 4.69) is 41.4 Å². The first-order valence-electron chi connectivity index (χ1n) is 7.63. The number of rotatable bonds is 4. The fraction of sp³-hybridized carbons (Fsp3) is 0.438. The molecule has 5 heteroatoms. The van der Waals surface area contributed by atoms with Crippen LogP contribution in [0.1, 0.15) is 47.6 Å². The standard InChI is InChI=1S/C16H18N4S/c1-2-5-14-17-18-16-20(14)19-15(21-16)10-12-9-8-11-6-3-4-7-13(11)12/h3-4,6-7,12H,2,5,8-10H2,1H3/t12-/m1/s1. The van der Waals surface area contributed by atoms with Gasteiger partial charge in [0.1, 0.15) is 5.01 Å². The highest BCUT2D eigenvalue weighted by molar-refractivity contribution is 7.16. The van der Waals surface area contributed by atoms with Gasteiger partial charge in [-0.25, -0.2) is 0 Å². The van der Waals surface area contributed by atoms with Gasteiger partial charge >= 0.3 is 0 Å². The maximum absolute atomic E-state index is 4.74. The van der Waals surface area contributed by atoms with E-state index in [9.17, 15) is 0 Å². The van der Waals surface area contributed by atoms with Gasteiger partial charge in [-0.05, 0) is 36.3 Å². The normalized spacial score (nSPS) is 17.5. The predicted molar refractivity (Wildman–Crippen MR) is 83.9 cm³/mol. The summed E-state index contributed by atoms with van der Waals surface area (Å²) < 4.78 is 1.93. The Hall–Kier alpha value is -1.75. The summed E-state index contributed by atoms with van der Waals surface area (Å²) in [5.41, 5.74) is 3.02. The number of nitrogens with zero attached hydrogens (tertiary/aromatic N) is 4. The molecule has 21 heavy (non-hydrogen) atoms. The largest absolute Gasteiger partial charge is 0.234 e. The number of benzene rings is 1. The molecule has 0 bridgehead atoms. The lowest BCUT2D eigenvalue weighted by Crippen LogP contribution is -2.01. The molecule has 0 radical (unpaired) electrons. The quantitative estimate of drug-likeness (QED) is 0.741. The van der Waals surface area contributed by atoms with E-state index in [0.29, 0.717) is 5.92 Å². The molecule has 2 heterocycles. The van der Waals surface area contributed by atoms with E-state index in [0.717, 1.165) is 30.0 Å². The maximum atomic E-state index is 4.74. The summed E-state index contributed by atoms with van der Waals surface area (Å²) in [6.45, 7) is 2.16. The summed E-state index contributed by atoms with van der Waals surface area (Å²) in [5.74, 6) is 1.60. The van der Waals surface area contributed by atoms with Gasteiger partial charge in [0.15, 0.2) is 5.82 Å². The molecule has 3 aromatic rings. The summed E-state index contributed by atoms with van der Waals surface area (Å²) in [7, 11) is 0. The molecular formula is C16H18N4S. The molecule has 4 rings (SSSR count). The van der Waals surface area contributed by atoms with E-state index >= 15 is 0 Å². The van der Waals surface area contributed by atoms with Crippen molar-refractivity contribution in [1.82, 2.24) is 19.8 Å². The van der Waals surface area contributed by atoms with Crippen LogP contribution in [0.2, 0.25) is 0 Å². The highest BCUT2D eigenvalue weighted by atomic mass is 32.1. The molecule has 0 unspecified atom stereocenters. The first kappa shape index (κ1) is 13.0. The van der Waals surface area contributed by atoms with E-state index in [1.807, 2.05) is 4.52 Å². The smallest absolute Gasteiger partial charge is 0.187 e. The summed E-state index contributed by atoms with van der Waals surface area (Å²) in [5, 5.41) is 14.4. The van der Waals surface area contributed by atoms with Gasteiger partial charge in [-0.2, -0.15) is 9.61 Å². The van der Waals surface area contributed by atoms with Crippen molar-refractivity contribution < 1.29 is 0 Å². The zero-order chi connectivity index (χ0) is 14.2. The summed E-state index contributed by atoms with van der Waals surface area (Å²) in [6.07, 6.45) is 5.48. The van der Waals surface area contributed by atoms with Crippen molar-refractivity contribution in [3.8, 4) is 0 Å². The van der Waals surface area contributed by atoms with Gasteiger partial charge in [-0.1, -0.05) is 42.5 Å². The molecule has 2 aromatic heterocycles. The van der Waals surface area contributed by atoms with Gasteiger partial charge in [0.25, 0.3) is 0 Å². The van der Waals surface area contributed by atoms with Crippen LogP contribution in [0.4, 0.5) is 0 Å². The number of hydrogen-bond acceptors (Lipinski definition) is 4. The van der Waals surface area contributed by atoms with Gasteiger partial charge in [0, 0.05) is 12.8 Å². The Balaban J connectivity index is 1.60. The van der Waals surface area contributed by atoms with E-state index in [1.165, 1.54) is 29.0 Å². The van der Waals surface area contributed by atoms with Crippen LogP contribution in [-0.2, 0) is 19.3 Å². The van der Waals surface area contributed by atoms with Crippen LogP contribution < -0.4 is 0 Å². The zero-order valence-electron chi connectivity index (χ0n) is 12.1. The van der Waals surface area contributed by atoms with Gasteiger partial charge in [-0.15, -0.1) is 10.2 Å². The summed E-state index contributed by atoms with van der Waals surface area (Å²) >= 11 is 1.68. The topological polar surface area (TPSA) is 43.1 Å². The zero-order valence-corrected chi connectivity index (χ0v) is 12.9. The molecule has 0 N–H and O–H groups in total. The molecule has 1 aromatic carbocycles.